The number of nitrogens with one attached hydrogen (secondary N) is 1. The summed E-state index contributed by atoms with van der Waals surface area (Å²) in [5.41, 5.74) is 2.14. The number of para-hydroxylation sites is 1. The maximum absolute atomic E-state index is 12.7. The highest BCUT2D eigenvalue weighted by Crippen LogP contribution is 2.44. The largest absolute Gasteiger partial charge is 0.395 e. The fourth-order valence-electron chi connectivity index (χ4n) is 2.89. The van der Waals surface area contributed by atoms with Gasteiger partial charge in [0.05, 0.1) is 12.0 Å². The molecular weight excluding hydrogens is 226 g/mol. The number of benzene rings is 1. The lowest BCUT2D eigenvalue weighted by Crippen LogP contribution is -2.41. The van der Waals surface area contributed by atoms with Crippen molar-refractivity contribution < 1.29 is 9.90 Å². The molecule has 0 saturated heterocycles. The summed E-state index contributed by atoms with van der Waals surface area (Å²) in [5, 5.41) is 10.5. The van der Waals surface area contributed by atoms with Gasteiger partial charge in [-0.15, -0.1) is 0 Å². The third-order valence-electron chi connectivity index (χ3n) is 4.22. The van der Waals surface area contributed by atoms with Gasteiger partial charge in [-0.05, 0) is 25.8 Å². The molecule has 94 valence electrons. The van der Waals surface area contributed by atoms with Crippen LogP contribution in [-0.2, 0) is 0 Å². The third-order valence-corrected chi connectivity index (χ3v) is 4.22. The summed E-state index contributed by atoms with van der Waals surface area (Å²) < 4.78 is 0. The lowest BCUT2D eigenvalue weighted by Gasteiger charge is -2.38. The summed E-state index contributed by atoms with van der Waals surface area (Å²) >= 11 is 0. The number of carbonyl (C=O) groups excluding carboxylic acids is 1. The Morgan fingerprint density at radius 3 is 2.72 bits per heavy atom. The minimum Gasteiger partial charge on any atom is -0.395 e. The van der Waals surface area contributed by atoms with Crippen molar-refractivity contribution in [2.24, 2.45) is 5.41 Å². The number of fused-ring (bicyclic) bond motifs is 1. The Morgan fingerprint density at radius 2 is 2.11 bits per heavy atom. The lowest BCUT2D eigenvalue weighted by atomic mass is 9.65. The Balaban J connectivity index is 2.14. The maximum atomic E-state index is 12.7. The zero-order valence-electron chi connectivity index (χ0n) is 10.5. The number of aryl methyl sites for hydroxylation is 1. The SMILES string of the molecule is Cc1[nH]c2ccccc2c1C(=O)C1(CO)CCC1. The standard InChI is InChI=1S/C15H17NO2/c1-10-13(11-5-2-3-6-12(11)16-10)14(18)15(9-17)7-4-8-15/h2-3,5-6,16-17H,4,7-9H2,1H3. The normalized spacial score (nSPS) is 17.7. The molecule has 3 heteroatoms. The molecule has 3 nitrogen and oxygen atoms in total. The summed E-state index contributed by atoms with van der Waals surface area (Å²) in [6.45, 7) is 1.89. The second kappa shape index (κ2) is 3.95. The minimum absolute atomic E-state index is 0.0369. The van der Waals surface area contributed by atoms with Crippen LogP contribution in [-0.4, -0.2) is 22.5 Å². The Hall–Kier alpha value is -1.61. The summed E-state index contributed by atoms with van der Waals surface area (Å²) in [6.07, 6.45) is 2.65. The van der Waals surface area contributed by atoms with Crippen molar-refractivity contribution in [3.63, 3.8) is 0 Å². The van der Waals surface area contributed by atoms with E-state index in [2.05, 4.69) is 4.98 Å². The van der Waals surface area contributed by atoms with E-state index in [0.29, 0.717) is 0 Å². The van der Waals surface area contributed by atoms with Gasteiger partial charge < -0.3 is 10.1 Å². The van der Waals surface area contributed by atoms with Crippen molar-refractivity contribution in [3.05, 3.63) is 35.5 Å². The Bertz CT molecular complexity index is 602. The number of aliphatic hydroxyl groups is 1. The van der Waals surface area contributed by atoms with E-state index in [0.717, 1.165) is 41.4 Å². The van der Waals surface area contributed by atoms with Gasteiger partial charge in [-0.3, -0.25) is 4.79 Å². The van der Waals surface area contributed by atoms with Gasteiger partial charge in [0.1, 0.15) is 0 Å². The van der Waals surface area contributed by atoms with Crippen molar-refractivity contribution in [2.75, 3.05) is 6.61 Å². The average molecular weight is 243 g/mol. The zero-order chi connectivity index (χ0) is 12.8. The molecule has 2 N–H and O–H groups in total. The Labute approximate surface area is 106 Å². The summed E-state index contributed by atoms with van der Waals surface area (Å²) in [7, 11) is 0. The van der Waals surface area contributed by atoms with E-state index in [1.54, 1.807) is 0 Å². The third kappa shape index (κ3) is 1.44. The first kappa shape index (κ1) is 11.5. The first-order valence-electron chi connectivity index (χ1n) is 6.41. The van der Waals surface area contributed by atoms with Crippen LogP contribution in [0.1, 0.15) is 35.3 Å². The number of aromatic amines is 1. The van der Waals surface area contributed by atoms with Gasteiger partial charge in [0.25, 0.3) is 0 Å². The smallest absolute Gasteiger partial charge is 0.173 e. The highest BCUT2D eigenvalue weighted by Gasteiger charge is 2.44. The van der Waals surface area contributed by atoms with Crippen molar-refractivity contribution in [3.8, 4) is 0 Å². The molecule has 1 aliphatic carbocycles. The molecule has 0 aliphatic heterocycles. The average Bonchev–Trinajstić information content (AvgIpc) is 2.63. The van der Waals surface area contributed by atoms with E-state index >= 15 is 0 Å². The molecule has 2 aromatic rings. The van der Waals surface area contributed by atoms with Gasteiger partial charge in [-0.1, -0.05) is 24.6 Å². The first-order chi connectivity index (χ1) is 8.68. The molecular formula is C15H17NO2. The second-order valence-corrected chi connectivity index (χ2v) is 5.29. The van der Waals surface area contributed by atoms with E-state index in [-0.39, 0.29) is 12.4 Å². The topological polar surface area (TPSA) is 53.1 Å². The van der Waals surface area contributed by atoms with E-state index in [9.17, 15) is 9.90 Å². The predicted octanol–water partition coefficient (Wildman–Crippen LogP) is 2.82. The fraction of sp³-hybridized carbons (Fsp3) is 0.400. The molecule has 3 rings (SSSR count). The first-order valence-corrected chi connectivity index (χ1v) is 6.41. The fourth-order valence-corrected chi connectivity index (χ4v) is 2.89. The maximum Gasteiger partial charge on any atom is 0.173 e. The van der Waals surface area contributed by atoms with E-state index in [1.165, 1.54) is 0 Å². The zero-order valence-corrected chi connectivity index (χ0v) is 10.5. The van der Waals surface area contributed by atoms with Crippen LogP contribution < -0.4 is 0 Å². The molecule has 1 fully saturated rings. The van der Waals surface area contributed by atoms with Crippen LogP contribution in [0.25, 0.3) is 10.9 Å². The number of hydrogen-bond donors (Lipinski definition) is 2. The monoisotopic (exact) mass is 243 g/mol. The van der Waals surface area contributed by atoms with Gasteiger partial charge in [-0.2, -0.15) is 0 Å². The molecule has 0 unspecified atom stereocenters. The molecule has 0 atom stereocenters. The van der Waals surface area contributed by atoms with E-state index < -0.39 is 5.41 Å². The second-order valence-electron chi connectivity index (χ2n) is 5.29. The Morgan fingerprint density at radius 1 is 1.39 bits per heavy atom. The van der Waals surface area contributed by atoms with Crippen LogP contribution in [0.3, 0.4) is 0 Å². The van der Waals surface area contributed by atoms with Crippen LogP contribution >= 0.6 is 0 Å². The Kier molecular flexibility index (Phi) is 2.52. The molecule has 1 saturated carbocycles. The van der Waals surface area contributed by atoms with Crippen LogP contribution in [0.15, 0.2) is 24.3 Å². The minimum atomic E-state index is -0.518. The predicted molar refractivity (Wildman–Crippen MR) is 70.7 cm³/mol. The number of hydrogen-bond acceptors (Lipinski definition) is 2. The summed E-state index contributed by atoms with van der Waals surface area (Å²) in [6, 6.07) is 7.85. The quantitative estimate of drug-likeness (QED) is 0.814. The summed E-state index contributed by atoms with van der Waals surface area (Å²) in [5.74, 6) is 0.103. The number of aromatic nitrogens is 1. The molecule has 0 radical (unpaired) electrons. The number of aliphatic hydroxyl groups excluding tert-OH is 1. The van der Waals surface area contributed by atoms with Crippen molar-refractivity contribution >= 4 is 16.7 Å². The molecule has 0 bridgehead atoms. The molecule has 1 aliphatic rings. The molecule has 0 spiro atoms. The number of carbonyl (C=O) groups is 1. The van der Waals surface area contributed by atoms with Crippen molar-refractivity contribution in [1.82, 2.24) is 4.98 Å². The highest BCUT2D eigenvalue weighted by atomic mass is 16.3. The molecule has 18 heavy (non-hydrogen) atoms. The van der Waals surface area contributed by atoms with Gasteiger partial charge in [0.15, 0.2) is 5.78 Å². The van der Waals surface area contributed by atoms with Crippen molar-refractivity contribution in [2.45, 2.75) is 26.2 Å². The van der Waals surface area contributed by atoms with Crippen LogP contribution in [0, 0.1) is 12.3 Å². The number of ketones is 1. The molecule has 1 heterocycles. The lowest BCUT2D eigenvalue weighted by molar-refractivity contribution is 0.0349. The van der Waals surface area contributed by atoms with Gasteiger partial charge in [0.2, 0.25) is 0 Å². The van der Waals surface area contributed by atoms with Gasteiger partial charge in [-0.25, -0.2) is 0 Å². The summed E-state index contributed by atoms with van der Waals surface area (Å²) in [4.78, 5) is 15.9. The molecule has 1 aromatic heterocycles. The van der Waals surface area contributed by atoms with Crippen LogP contribution in [0.5, 0.6) is 0 Å². The number of Topliss-reactive ketones (excluding diaryl/α,β-unsaturated/α-hetero) is 1. The number of rotatable bonds is 3. The molecule has 1 aromatic carbocycles. The highest BCUT2D eigenvalue weighted by molar-refractivity contribution is 6.12. The number of H-pyrrole nitrogens is 1. The van der Waals surface area contributed by atoms with Gasteiger partial charge >= 0.3 is 0 Å². The van der Waals surface area contributed by atoms with Gasteiger partial charge in [0, 0.05) is 22.2 Å². The van der Waals surface area contributed by atoms with Crippen LogP contribution in [0.4, 0.5) is 0 Å². The van der Waals surface area contributed by atoms with Crippen LogP contribution in [0.2, 0.25) is 0 Å². The van der Waals surface area contributed by atoms with E-state index in [4.69, 9.17) is 0 Å². The molecule has 0 amide bonds. The van der Waals surface area contributed by atoms with Crippen molar-refractivity contribution in [1.29, 1.82) is 0 Å². The van der Waals surface area contributed by atoms with E-state index in [1.807, 2.05) is 31.2 Å².